The summed E-state index contributed by atoms with van der Waals surface area (Å²) in [6.07, 6.45) is 0. The van der Waals surface area contributed by atoms with E-state index in [0.29, 0.717) is 0 Å². The van der Waals surface area contributed by atoms with Crippen LogP contribution in [0.1, 0.15) is 11.4 Å². The van der Waals surface area contributed by atoms with Gasteiger partial charge in [0.05, 0.1) is 12.1 Å². The number of aromatic nitrogens is 2. The number of nitrogens with zero attached hydrogens (tertiary/aromatic N) is 3. The van der Waals surface area contributed by atoms with Crippen LogP contribution in [0.3, 0.4) is 0 Å². The van der Waals surface area contributed by atoms with Gasteiger partial charge in [-0.15, -0.1) is 0 Å². The third-order valence-electron chi connectivity index (χ3n) is 2.77. The number of halogens is 4. The van der Waals surface area contributed by atoms with Gasteiger partial charge in [-0.05, 0) is 13.0 Å². The molecule has 0 amide bonds. The minimum Gasteiger partial charge on any atom is -0.495 e. The molecule has 0 fully saturated rings. The maximum atomic E-state index is 14.1. The molecule has 1 aromatic heterocycles. The van der Waals surface area contributed by atoms with Gasteiger partial charge >= 0.3 is 6.61 Å². The Labute approximate surface area is 128 Å². The molecule has 2 aromatic rings. The van der Waals surface area contributed by atoms with E-state index in [-0.39, 0.29) is 27.8 Å². The fraction of sp³-hybridized carbons (Fsp3) is 0.231. The maximum Gasteiger partial charge on any atom is 0.387 e. The second-order valence-electron chi connectivity index (χ2n) is 4.10. The average molecular weight is 332 g/mol. The van der Waals surface area contributed by atoms with Gasteiger partial charge in [0.2, 0.25) is 0 Å². The molecule has 0 saturated heterocycles. The van der Waals surface area contributed by atoms with Crippen molar-refractivity contribution in [1.82, 2.24) is 9.78 Å². The number of benzene rings is 1. The summed E-state index contributed by atoms with van der Waals surface area (Å²) in [5.41, 5.74) is -0.517. The molecular formula is C13H9ClF3N3O2. The standard InChI is InChI=1S/C13H9ClF3N3O2/c1-6-12(22-13(16)17)10(5-18)20(19-6)9-4-11(21-2)7(14)3-8(9)15/h3-4,13H,1-2H3. The smallest absolute Gasteiger partial charge is 0.387 e. The van der Waals surface area contributed by atoms with Gasteiger partial charge in [-0.25, -0.2) is 9.07 Å². The Morgan fingerprint density at radius 3 is 2.64 bits per heavy atom. The van der Waals surface area contributed by atoms with Crippen molar-refractivity contribution in [1.29, 1.82) is 5.26 Å². The lowest BCUT2D eigenvalue weighted by molar-refractivity contribution is -0.0505. The van der Waals surface area contributed by atoms with E-state index in [2.05, 4.69) is 9.84 Å². The minimum absolute atomic E-state index is 0.0187. The summed E-state index contributed by atoms with van der Waals surface area (Å²) in [7, 11) is 1.33. The molecular weight excluding hydrogens is 323 g/mol. The van der Waals surface area contributed by atoms with Gasteiger partial charge in [0, 0.05) is 6.07 Å². The van der Waals surface area contributed by atoms with E-state index in [1.54, 1.807) is 6.07 Å². The second kappa shape index (κ2) is 6.15. The first kappa shape index (κ1) is 16.0. The Kier molecular flexibility index (Phi) is 4.47. The number of alkyl halides is 2. The highest BCUT2D eigenvalue weighted by molar-refractivity contribution is 6.32. The van der Waals surface area contributed by atoms with E-state index >= 15 is 0 Å². The Hall–Kier alpha value is -2.40. The van der Waals surface area contributed by atoms with Crippen LogP contribution < -0.4 is 9.47 Å². The van der Waals surface area contributed by atoms with Gasteiger partial charge in [-0.2, -0.15) is 19.1 Å². The van der Waals surface area contributed by atoms with Gasteiger partial charge in [0.25, 0.3) is 0 Å². The lowest BCUT2D eigenvalue weighted by Gasteiger charge is -2.09. The molecule has 0 spiro atoms. The highest BCUT2D eigenvalue weighted by Gasteiger charge is 2.23. The molecule has 2 rings (SSSR count). The quantitative estimate of drug-likeness (QED) is 0.861. The Bertz CT molecular complexity index is 756. The van der Waals surface area contributed by atoms with Crippen LogP contribution >= 0.6 is 11.6 Å². The molecule has 0 bridgehead atoms. The molecule has 0 radical (unpaired) electrons. The van der Waals surface area contributed by atoms with Gasteiger partial charge in [-0.1, -0.05) is 11.6 Å². The third kappa shape index (κ3) is 2.80. The van der Waals surface area contributed by atoms with Crippen molar-refractivity contribution in [2.45, 2.75) is 13.5 Å². The molecule has 0 unspecified atom stereocenters. The summed E-state index contributed by atoms with van der Waals surface area (Å²) in [5, 5.41) is 13.0. The van der Waals surface area contributed by atoms with E-state index in [4.69, 9.17) is 21.6 Å². The van der Waals surface area contributed by atoms with Crippen molar-refractivity contribution in [3.05, 3.63) is 34.4 Å². The van der Waals surface area contributed by atoms with Crippen LogP contribution in [0.2, 0.25) is 5.02 Å². The monoisotopic (exact) mass is 331 g/mol. The van der Waals surface area contributed by atoms with Crippen LogP contribution in [-0.2, 0) is 0 Å². The Morgan fingerprint density at radius 1 is 1.41 bits per heavy atom. The molecule has 0 aliphatic carbocycles. The summed E-state index contributed by atoms with van der Waals surface area (Å²) < 4.78 is 49.0. The van der Waals surface area contributed by atoms with Crippen LogP contribution in [0.4, 0.5) is 13.2 Å². The van der Waals surface area contributed by atoms with Gasteiger partial charge in [0.15, 0.2) is 17.3 Å². The van der Waals surface area contributed by atoms with E-state index in [0.717, 1.165) is 10.7 Å². The van der Waals surface area contributed by atoms with Crippen molar-refractivity contribution in [2.24, 2.45) is 0 Å². The maximum absolute atomic E-state index is 14.1. The largest absolute Gasteiger partial charge is 0.495 e. The van der Waals surface area contributed by atoms with Gasteiger partial charge in [-0.3, -0.25) is 0 Å². The number of rotatable bonds is 4. The number of ether oxygens (including phenoxy) is 2. The normalized spacial score (nSPS) is 10.6. The lowest BCUT2D eigenvalue weighted by Crippen LogP contribution is -2.06. The lowest BCUT2D eigenvalue weighted by atomic mass is 10.2. The number of aryl methyl sites for hydroxylation is 1. The highest BCUT2D eigenvalue weighted by Crippen LogP contribution is 2.32. The van der Waals surface area contributed by atoms with Gasteiger partial charge < -0.3 is 9.47 Å². The van der Waals surface area contributed by atoms with Crippen LogP contribution in [0.5, 0.6) is 11.5 Å². The van der Waals surface area contributed by atoms with Crippen LogP contribution in [0, 0.1) is 24.1 Å². The zero-order valence-corrected chi connectivity index (χ0v) is 12.2. The van der Waals surface area contributed by atoms with E-state index in [1.165, 1.54) is 20.1 Å². The van der Waals surface area contributed by atoms with Gasteiger partial charge in [0.1, 0.15) is 23.2 Å². The molecule has 5 nitrogen and oxygen atoms in total. The van der Waals surface area contributed by atoms with Crippen molar-refractivity contribution in [2.75, 3.05) is 7.11 Å². The summed E-state index contributed by atoms with van der Waals surface area (Å²) in [4.78, 5) is 0. The van der Waals surface area contributed by atoms with Crippen LogP contribution in [0.15, 0.2) is 12.1 Å². The van der Waals surface area contributed by atoms with Crippen molar-refractivity contribution < 1.29 is 22.6 Å². The van der Waals surface area contributed by atoms with Crippen LogP contribution in [0.25, 0.3) is 5.69 Å². The predicted octanol–water partition coefficient (Wildman–Crippen LogP) is 3.45. The summed E-state index contributed by atoms with van der Waals surface area (Å²) >= 11 is 5.78. The molecule has 116 valence electrons. The first-order chi connectivity index (χ1) is 10.4. The van der Waals surface area contributed by atoms with E-state index in [1.807, 2.05) is 0 Å². The highest BCUT2D eigenvalue weighted by atomic mass is 35.5. The fourth-order valence-corrected chi connectivity index (χ4v) is 2.08. The first-order valence-corrected chi connectivity index (χ1v) is 6.24. The summed E-state index contributed by atoms with van der Waals surface area (Å²) in [6.45, 7) is -1.77. The molecule has 1 heterocycles. The third-order valence-corrected chi connectivity index (χ3v) is 3.06. The zero-order chi connectivity index (χ0) is 16.4. The topological polar surface area (TPSA) is 60.1 Å². The van der Waals surface area contributed by atoms with Crippen molar-refractivity contribution in [3.8, 4) is 23.3 Å². The molecule has 1 aromatic carbocycles. The minimum atomic E-state index is -3.13. The predicted molar refractivity (Wildman–Crippen MR) is 71.2 cm³/mol. The number of nitriles is 1. The Balaban J connectivity index is 2.66. The van der Waals surface area contributed by atoms with E-state index < -0.39 is 18.2 Å². The first-order valence-electron chi connectivity index (χ1n) is 5.87. The van der Waals surface area contributed by atoms with Crippen molar-refractivity contribution >= 4 is 11.6 Å². The molecule has 0 aliphatic rings. The molecule has 22 heavy (non-hydrogen) atoms. The molecule has 0 aliphatic heterocycles. The summed E-state index contributed by atoms with van der Waals surface area (Å²) in [6, 6.07) is 3.85. The molecule has 0 saturated carbocycles. The van der Waals surface area contributed by atoms with E-state index in [9.17, 15) is 13.2 Å². The average Bonchev–Trinajstić information content (AvgIpc) is 2.75. The number of methoxy groups -OCH3 is 1. The number of hydrogen-bond donors (Lipinski definition) is 0. The second-order valence-corrected chi connectivity index (χ2v) is 4.51. The number of hydrogen-bond acceptors (Lipinski definition) is 4. The van der Waals surface area contributed by atoms with Crippen molar-refractivity contribution in [3.63, 3.8) is 0 Å². The Morgan fingerprint density at radius 2 is 2.09 bits per heavy atom. The summed E-state index contributed by atoms with van der Waals surface area (Å²) in [5.74, 6) is -1.06. The van der Waals surface area contributed by atoms with Crippen LogP contribution in [-0.4, -0.2) is 23.5 Å². The molecule has 0 atom stereocenters. The SMILES string of the molecule is COc1cc(-n2nc(C)c(OC(F)F)c2C#N)c(F)cc1Cl. The molecule has 9 heteroatoms. The molecule has 0 N–H and O–H groups in total. The zero-order valence-electron chi connectivity index (χ0n) is 11.4. The fourth-order valence-electron chi connectivity index (χ4n) is 1.85.